The topological polar surface area (TPSA) is 27.7 Å². The first kappa shape index (κ1) is 20.9. The van der Waals surface area contributed by atoms with Gasteiger partial charge in [-0.05, 0) is 48.7 Å². The first-order chi connectivity index (χ1) is 11.2. The van der Waals surface area contributed by atoms with E-state index in [4.69, 9.17) is 13.9 Å². The number of benzene rings is 1. The lowest BCUT2D eigenvalue weighted by Crippen LogP contribution is -2.44. The summed E-state index contributed by atoms with van der Waals surface area (Å²) in [6.45, 7) is 16.6. The summed E-state index contributed by atoms with van der Waals surface area (Å²) in [5, 5.41) is 0.219. The number of hydrogen-bond acceptors (Lipinski definition) is 3. The minimum Gasteiger partial charge on any atom is -0.497 e. The van der Waals surface area contributed by atoms with Crippen LogP contribution in [0.3, 0.4) is 0 Å². The van der Waals surface area contributed by atoms with Gasteiger partial charge in [0.05, 0.1) is 19.8 Å². The molecule has 0 amide bonds. The Bertz CT molecular complexity index is 489. The molecule has 0 aliphatic rings. The third kappa shape index (κ3) is 6.79. The Kier molecular flexibility index (Phi) is 8.20. The van der Waals surface area contributed by atoms with Gasteiger partial charge in [-0.15, -0.1) is 6.58 Å². The van der Waals surface area contributed by atoms with Crippen LogP contribution in [0.1, 0.15) is 39.2 Å². The molecule has 0 spiro atoms. The SMILES string of the molecule is C=CC[C@@H](CCOCc1ccc(OC)cc1)O[Si](C)(C)C(C)(C)C. The van der Waals surface area contributed by atoms with Gasteiger partial charge in [-0.1, -0.05) is 39.0 Å². The fraction of sp³-hybridized carbons (Fsp3) is 0.600. The third-order valence-corrected chi connectivity index (χ3v) is 9.24. The van der Waals surface area contributed by atoms with Crippen LogP contribution >= 0.6 is 0 Å². The van der Waals surface area contributed by atoms with Crippen molar-refractivity contribution in [3.8, 4) is 5.75 Å². The Labute approximate surface area is 149 Å². The van der Waals surface area contributed by atoms with Crippen LogP contribution in [0.5, 0.6) is 5.75 Å². The molecule has 1 aromatic rings. The van der Waals surface area contributed by atoms with Gasteiger partial charge in [0.25, 0.3) is 0 Å². The summed E-state index contributed by atoms with van der Waals surface area (Å²) < 4.78 is 17.5. The van der Waals surface area contributed by atoms with Crippen LogP contribution in [0.4, 0.5) is 0 Å². The first-order valence-corrected chi connectivity index (χ1v) is 11.6. The predicted octanol–water partition coefficient (Wildman–Crippen LogP) is 5.57. The summed E-state index contributed by atoms with van der Waals surface area (Å²) >= 11 is 0. The first-order valence-electron chi connectivity index (χ1n) is 8.69. The van der Waals surface area contributed by atoms with Gasteiger partial charge in [-0.2, -0.15) is 0 Å². The van der Waals surface area contributed by atoms with Crippen molar-refractivity contribution in [2.24, 2.45) is 0 Å². The highest BCUT2D eigenvalue weighted by Gasteiger charge is 2.38. The molecule has 0 bridgehead atoms. The highest BCUT2D eigenvalue weighted by molar-refractivity contribution is 6.74. The molecule has 0 aliphatic heterocycles. The van der Waals surface area contributed by atoms with Gasteiger partial charge in [-0.25, -0.2) is 0 Å². The summed E-state index contributed by atoms with van der Waals surface area (Å²) in [5.41, 5.74) is 1.15. The van der Waals surface area contributed by atoms with Crippen LogP contribution in [0.2, 0.25) is 18.1 Å². The molecule has 3 nitrogen and oxygen atoms in total. The molecule has 0 heterocycles. The quantitative estimate of drug-likeness (QED) is 0.314. The summed E-state index contributed by atoms with van der Waals surface area (Å²) in [5.74, 6) is 0.868. The molecule has 1 rings (SSSR count). The van der Waals surface area contributed by atoms with Crippen molar-refractivity contribution in [3.05, 3.63) is 42.5 Å². The molecule has 0 saturated carbocycles. The lowest BCUT2D eigenvalue weighted by Gasteiger charge is -2.39. The zero-order valence-corrected chi connectivity index (χ0v) is 17.2. The normalized spacial score (nSPS) is 13.6. The number of methoxy groups -OCH3 is 1. The fourth-order valence-electron chi connectivity index (χ4n) is 2.13. The Morgan fingerprint density at radius 2 is 1.79 bits per heavy atom. The summed E-state index contributed by atoms with van der Waals surface area (Å²) in [6, 6.07) is 7.98. The maximum Gasteiger partial charge on any atom is 0.192 e. The Morgan fingerprint density at radius 3 is 2.29 bits per heavy atom. The molecule has 24 heavy (non-hydrogen) atoms. The monoisotopic (exact) mass is 350 g/mol. The molecular weight excluding hydrogens is 316 g/mol. The van der Waals surface area contributed by atoms with Crippen molar-refractivity contribution in [1.82, 2.24) is 0 Å². The summed E-state index contributed by atoms with van der Waals surface area (Å²) in [4.78, 5) is 0. The zero-order valence-electron chi connectivity index (χ0n) is 16.2. The van der Waals surface area contributed by atoms with E-state index in [-0.39, 0.29) is 11.1 Å². The molecule has 0 aromatic heterocycles. The van der Waals surface area contributed by atoms with E-state index in [1.807, 2.05) is 30.3 Å². The molecular formula is C20H34O3Si. The maximum absolute atomic E-state index is 6.50. The van der Waals surface area contributed by atoms with Gasteiger partial charge in [0.2, 0.25) is 0 Å². The molecule has 0 saturated heterocycles. The van der Waals surface area contributed by atoms with Crippen molar-refractivity contribution >= 4 is 8.32 Å². The zero-order chi connectivity index (χ0) is 18.2. The van der Waals surface area contributed by atoms with Gasteiger partial charge in [0.15, 0.2) is 8.32 Å². The highest BCUT2D eigenvalue weighted by Crippen LogP contribution is 2.38. The molecule has 1 atom stereocenters. The number of hydrogen-bond donors (Lipinski definition) is 0. The number of rotatable bonds is 10. The van der Waals surface area contributed by atoms with E-state index in [9.17, 15) is 0 Å². The molecule has 0 unspecified atom stereocenters. The van der Waals surface area contributed by atoms with E-state index < -0.39 is 8.32 Å². The average Bonchev–Trinajstić information content (AvgIpc) is 2.51. The second kappa shape index (κ2) is 9.40. The van der Waals surface area contributed by atoms with E-state index in [1.165, 1.54) is 0 Å². The third-order valence-electron chi connectivity index (χ3n) is 4.71. The lowest BCUT2D eigenvalue weighted by atomic mass is 10.2. The largest absolute Gasteiger partial charge is 0.497 e. The average molecular weight is 351 g/mol. The summed E-state index contributed by atoms with van der Waals surface area (Å²) in [7, 11) is -0.0829. The predicted molar refractivity (Wildman–Crippen MR) is 104 cm³/mol. The van der Waals surface area contributed by atoms with E-state index in [2.05, 4.69) is 40.4 Å². The van der Waals surface area contributed by atoms with Crippen molar-refractivity contribution in [3.63, 3.8) is 0 Å². The Morgan fingerprint density at radius 1 is 1.17 bits per heavy atom. The minimum absolute atomic E-state index is 0.194. The van der Waals surface area contributed by atoms with Gasteiger partial charge in [-0.3, -0.25) is 0 Å². The Balaban J connectivity index is 2.44. The fourth-order valence-corrected chi connectivity index (χ4v) is 3.53. The molecule has 0 fully saturated rings. The molecule has 0 aliphatic carbocycles. The molecule has 4 heteroatoms. The van der Waals surface area contributed by atoms with Crippen LogP contribution in [-0.4, -0.2) is 28.1 Å². The van der Waals surface area contributed by atoms with Crippen molar-refractivity contribution in [1.29, 1.82) is 0 Å². The smallest absolute Gasteiger partial charge is 0.192 e. The van der Waals surface area contributed by atoms with Crippen molar-refractivity contribution < 1.29 is 13.9 Å². The maximum atomic E-state index is 6.50. The molecule has 0 N–H and O–H groups in total. The lowest BCUT2D eigenvalue weighted by molar-refractivity contribution is 0.0783. The molecule has 1 aromatic carbocycles. The van der Waals surface area contributed by atoms with Crippen LogP contribution in [0, 0.1) is 0 Å². The van der Waals surface area contributed by atoms with E-state index >= 15 is 0 Å². The standard InChI is InChI=1S/C20H34O3Si/c1-8-9-19(23-24(6,7)20(2,3)4)14-15-22-16-17-10-12-18(21-5)13-11-17/h8,10-13,19H,1,9,14-16H2,2-7H3/t19-/m0/s1. The summed E-state index contributed by atoms with van der Waals surface area (Å²) in [6.07, 6.45) is 3.91. The van der Waals surface area contributed by atoms with Gasteiger partial charge < -0.3 is 13.9 Å². The van der Waals surface area contributed by atoms with Crippen LogP contribution < -0.4 is 4.74 Å². The van der Waals surface area contributed by atoms with E-state index in [0.717, 1.165) is 24.2 Å². The van der Waals surface area contributed by atoms with Crippen molar-refractivity contribution in [2.45, 2.75) is 64.5 Å². The van der Waals surface area contributed by atoms with Gasteiger partial charge in [0.1, 0.15) is 5.75 Å². The molecule has 136 valence electrons. The van der Waals surface area contributed by atoms with Crippen LogP contribution in [0.15, 0.2) is 36.9 Å². The van der Waals surface area contributed by atoms with E-state index in [1.54, 1.807) is 7.11 Å². The van der Waals surface area contributed by atoms with Crippen molar-refractivity contribution in [2.75, 3.05) is 13.7 Å². The highest BCUT2D eigenvalue weighted by atomic mass is 28.4. The van der Waals surface area contributed by atoms with Crippen LogP contribution in [0.25, 0.3) is 0 Å². The van der Waals surface area contributed by atoms with Crippen LogP contribution in [-0.2, 0) is 15.8 Å². The number of ether oxygens (including phenoxy) is 2. The van der Waals surface area contributed by atoms with Gasteiger partial charge in [0, 0.05) is 6.61 Å². The molecule has 0 radical (unpaired) electrons. The second-order valence-electron chi connectivity index (χ2n) is 7.71. The van der Waals surface area contributed by atoms with Gasteiger partial charge >= 0.3 is 0 Å². The second-order valence-corrected chi connectivity index (χ2v) is 12.5. The minimum atomic E-state index is -1.76. The van der Waals surface area contributed by atoms with E-state index in [0.29, 0.717) is 13.2 Å². The Hall–Kier alpha value is -1.10.